The van der Waals surface area contributed by atoms with Gasteiger partial charge in [-0.3, -0.25) is 9.69 Å². The summed E-state index contributed by atoms with van der Waals surface area (Å²) in [5.74, 6) is -0.625. The number of benzene rings is 1. The monoisotopic (exact) mass is 313 g/mol. The SMILES string of the molecule is CN(CC(=O)Nc1ccc(F)c(Cl)c1)C1CCC(N)CC1. The van der Waals surface area contributed by atoms with Gasteiger partial charge in [-0.25, -0.2) is 4.39 Å². The molecule has 0 atom stereocenters. The van der Waals surface area contributed by atoms with Crippen LogP contribution >= 0.6 is 11.6 Å². The predicted octanol–water partition coefficient (Wildman–Crippen LogP) is 2.62. The first kappa shape index (κ1) is 16.2. The molecule has 0 unspecified atom stereocenters. The highest BCUT2D eigenvalue weighted by atomic mass is 35.5. The summed E-state index contributed by atoms with van der Waals surface area (Å²) in [5, 5.41) is 2.73. The van der Waals surface area contributed by atoms with Crippen molar-refractivity contribution in [1.29, 1.82) is 0 Å². The van der Waals surface area contributed by atoms with Gasteiger partial charge in [0.1, 0.15) is 5.82 Å². The van der Waals surface area contributed by atoms with Crippen LogP contribution in [0.1, 0.15) is 25.7 Å². The molecule has 1 aliphatic rings. The van der Waals surface area contributed by atoms with Gasteiger partial charge in [0.2, 0.25) is 5.91 Å². The first-order chi connectivity index (χ1) is 9.95. The van der Waals surface area contributed by atoms with Gasteiger partial charge < -0.3 is 11.1 Å². The van der Waals surface area contributed by atoms with E-state index in [0.29, 0.717) is 24.3 Å². The minimum absolute atomic E-state index is 0.00224. The van der Waals surface area contributed by atoms with Gasteiger partial charge in [-0.15, -0.1) is 0 Å². The van der Waals surface area contributed by atoms with E-state index in [2.05, 4.69) is 5.32 Å². The molecule has 0 radical (unpaired) electrons. The third-order valence-electron chi connectivity index (χ3n) is 3.96. The molecule has 0 spiro atoms. The van der Waals surface area contributed by atoms with E-state index >= 15 is 0 Å². The van der Waals surface area contributed by atoms with E-state index < -0.39 is 5.82 Å². The lowest BCUT2D eigenvalue weighted by atomic mass is 9.91. The highest BCUT2D eigenvalue weighted by molar-refractivity contribution is 6.31. The minimum Gasteiger partial charge on any atom is -0.328 e. The fourth-order valence-electron chi connectivity index (χ4n) is 2.67. The van der Waals surface area contributed by atoms with Crippen LogP contribution < -0.4 is 11.1 Å². The molecule has 1 fully saturated rings. The topological polar surface area (TPSA) is 58.4 Å². The maximum absolute atomic E-state index is 13.1. The van der Waals surface area contributed by atoms with E-state index in [1.165, 1.54) is 18.2 Å². The number of likely N-dealkylation sites (N-methyl/N-ethyl adjacent to an activating group) is 1. The molecule has 0 aliphatic heterocycles. The van der Waals surface area contributed by atoms with Crippen LogP contribution in [0, 0.1) is 5.82 Å². The first-order valence-electron chi connectivity index (χ1n) is 7.16. The number of hydrogen-bond acceptors (Lipinski definition) is 3. The number of hydrogen-bond donors (Lipinski definition) is 2. The molecule has 0 aromatic heterocycles. The largest absolute Gasteiger partial charge is 0.328 e. The number of nitrogens with zero attached hydrogens (tertiary/aromatic N) is 1. The number of rotatable bonds is 4. The van der Waals surface area contributed by atoms with Crippen molar-refractivity contribution in [3.8, 4) is 0 Å². The highest BCUT2D eigenvalue weighted by Gasteiger charge is 2.23. The molecule has 4 nitrogen and oxygen atoms in total. The van der Waals surface area contributed by atoms with Crippen molar-refractivity contribution < 1.29 is 9.18 Å². The van der Waals surface area contributed by atoms with Crippen molar-refractivity contribution in [1.82, 2.24) is 4.90 Å². The van der Waals surface area contributed by atoms with E-state index in [1.54, 1.807) is 0 Å². The molecule has 21 heavy (non-hydrogen) atoms. The predicted molar refractivity (Wildman–Crippen MR) is 82.9 cm³/mol. The zero-order valence-electron chi connectivity index (χ0n) is 12.1. The number of nitrogens with one attached hydrogen (secondary N) is 1. The second kappa shape index (κ2) is 7.20. The summed E-state index contributed by atoms with van der Waals surface area (Å²) in [6.45, 7) is 0.300. The van der Waals surface area contributed by atoms with E-state index in [9.17, 15) is 9.18 Å². The zero-order chi connectivity index (χ0) is 15.4. The summed E-state index contributed by atoms with van der Waals surface area (Å²) in [6, 6.07) is 4.84. The lowest BCUT2D eigenvalue weighted by Gasteiger charge is -2.33. The Morgan fingerprint density at radius 2 is 2.10 bits per heavy atom. The molecule has 3 N–H and O–H groups in total. The second-order valence-electron chi connectivity index (χ2n) is 5.66. The molecule has 116 valence electrons. The van der Waals surface area contributed by atoms with Gasteiger partial charge in [-0.05, 0) is 50.9 Å². The summed E-state index contributed by atoms with van der Waals surface area (Å²) in [5.41, 5.74) is 6.39. The summed E-state index contributed by atoms with van der Waals surface area (Å²) in [6.07, 6.45) is 4.05. The van der Waals surface area contributed by atoms with Crippen molar-refractivity contribution >= 4 is 23.2 Å². The standard InChI is InChI=1S/C15H21ClFN3O/c1-20(12-5-2-10(18)3-6-12)9-15(21)19-11-4-7-14(17)13(16)8-11/h4,7-8,10,12H,2-3,5-6,9,18H2,1H3,(H,19,21). The van der Waals surface area contributed by atoms with Gasteiger partial charge in [0, 0.05) is 17.8 Å². The third kappa shape index (κ3) is 4.66. The van der Waals surface area contributed by atoms with Crippen LogP contribution in [-0.2, 0) is 4.79 Å². The third-order valence-corrected chi connectivity index (χ3v) is 4.25. The van der Waals surface area contributed by atoms with E-state index in [-0.39, 0.29) is 10.9 Å². The van der Waals surface area contributed by atoms with E-state index in [0.717, 1.165) is 25.7 Å². The number of amides is 1. The molecule has 0 bridgehead atoms. The molecule has 6 heteroatoms. The lowest BCUT2D eigenvalue weighted by Crippen LogP contribution is -2.42. The second-order valence-corrected chi connectivity index (χ2v) is 6.07. The van der Waals surface area contributed by atoms with Gasteiger partial charge in [-0.2, -0.15) is 0 Å². The van der Waals surface area contributed by atoms with Gasteiger partial charge in [-0.1, -0.05) is 11.6 Å². The molecular formula is C15H21ClFN3O. The molecule has 1 aromatic carbocycles. The maximum Gasteiger partial charge on any atom is 0.238 e. The summed E-state index contributed by atoms with van der Waals surface area (Å²) in [7, 11) is 1.94. The van der Waals surface area contributed by atoms with Gasteiger partial charge >= 0.3 is 0 Å². The quantitative estimate of drug-likeness (QED) is 0.898. The van der Waals surface area contributed by atoms with Crippen LogP contribution in [0.15, 0.2) is 18.2 Å². The maximum atomic E-state index is 13.1. The van der Waals surface area contributed by atoms with Gasteiger partial charge in [0.25, 0.3) is 0 Å². The number of carbonyl (C=O) groups excluding carboxylic acids is 1. The minimum atomic E-state index is -0.495. The Morgan fingerprint density at radius 1 is 1.43 bits per heavy atom. The van der Waals surface area contributed by atoms with Crippen molar-refractivity contribution in [3.05, 3.63) is 29.0 Å². The number of carbonyl (C=O) groups is 1. The van der Waals surface area contributed by atoms with E-state index in [4.69, 9.17) is 17.3 Å². The molecule has 1 saturated carbocycles. The number of nitrogens with two attached hydrogens (primary N) is 1. The average Bonchev–Trinajstić information content (AvgIpc) is 2.43. The smallest absolute Gasteiger partial charge is 0.238 e. The summed E-state index contributed by atoms with van der Waals surface area (Å²) in [4.78, 5) is 14.1. The Morgan fingerprint density at radius 3 is 2.71 bits per heavy atom. The van der Waals surface area contributed by atoms with Crippen LogP contribution in [0.25, 0.3) is 0 Å². The fourth-order valence-corrected chi connectivity index (χ4v) is 2.85. The van der Waals surface area contributed by atoms with Crippen LogP contribution in [0.2, 0.25) is 5.02 Å². The van der Waals surface area contributed by atoms with Crippen molar-refractivity contribution in [2.24, 2.45) is 5.73 Å². The highest BCUT2D eigenvalue weighted by Crippen LogP contribution is 2.22. The Labute approximate surface area is 129 Å². The Balaban J connectivity index is 1.84. The Hall–Kier alpha value is -1.17. The van der Waals surface area contributed by atoms with Crippen molar-refractivity contribution in [2.45, 2.75) is 37.8 Å². The first-order valence-corrected chi connectivity index (χ1v) is 7.54. The average molecular weight is 314 g/mol. The van der Waals surface area contributed by atoms with Crippen LogP contribution in [-0.4, -0.2) is 36.5 Å². The van der Waals surface area contributed by atoms with Crippen LogP contribution in [0.5, 0.6) is 0 Å². The van der Waals surface area contributed by atoms with Crippen LogP contribution in [0.4, 0.5) is 10.1 Å². The summed E-state index contributed by atoms with van der Waals surface area (Å²) >= 11 is 5.69. The molecule has 1 aromatic rings. The van der Waals surface area contributed by atoms with Crippen LogP contribution in [0.3, 0.4) is 0 Å². The summed E-state index contributed by atoms with van der Waals surface area (Å²) < 4.78 is 13.1. The molecule has 0 heterocycles. The number of anilines is 1. The fraction of sp³-hybridized carbons (Fsp3) is 0.533. The molecular weight excluding hydrogens is 293 g/mol. The van der Waals surface area contributed by atoms with Crippen molar-refractivity contribution in [3.63, 3.8) is 0 Å². The lowest BCUT2D eigenvalue weighted by molar-refractivity contribution is -0.117. The Bertz CT molecular complexity index is 504. The number of halogens is 2. The normalized spacial score (nSPS) is 22.3. The van der Waals surface area contributed by atoms with E-state index in [1.807, 2.05) is 11.9 Å². The molecule has 2 rings (SSSR count). The van der Waals surface area contributed by atoms with Crippen molar-refractivity contribution in [2.75, 3.05) is 18.9 Å². The molecule has 1 amide bonds. The molecule has 0 saturated heterocycles. The van der Waals surface area contributed by atoms with Gasteiger partial charge in [0.15, 0.2) is 0 Å². The molecule has 1 aliphatic carbocycles. The zero-order valence-corrected chi connectivity index (χ0v) is 12.9. The van der Waals surface area contributed by atoms with Gasteiger partial charge in [0.05, 0.1) is 11.6 Å². The Kier molecular flexibility index (Phi) is 5.56.